The van der Waals surface area contributed by atoms with Crippen LogP contribution >= 0.6 is 11.3 Å². The number of rotatable bonds is 6. The number of benzene rings is 1. The molecule has 0 unspecified atom stereocenters. The summed E-state index contributed by atoms with van der Waals surface area (Å²) in [5, 5.41) is 12.0. The average molecular weight is 445 g/mol. The number of carbonyl (C=O) groups is 1. The zero-order valence-electron chi connectivity index (χ0n) is 18.4. The lowest BCUT2D eigenvalue weighted by Gasteiger charge is -2.22. The van der Waals surface area contributed by atoms with E-state index in [-0.39, 0.29) is 23.8 Å². The van der Waals surface area contributed by atoms with E-state index in [2.05, 4.69) is 31.4 Å². The molecular weight excluding hydrogens is 415 g/mol. The van der Waals surface area contributed by atoms with Crippen molar-refractivity contribution in [2.75, 3.05) is 23.8 Å². The van der Waals surface area contributed by atoms with Gasteiger partial charge in [-0.25, -0.2) is 9.37 Å². The molecule has 7 nitrogen and oxygen atoms in total. The number of nitrogens with zero attached hydrogens (tertiary/aromatic N) is 4. The zero-order chi connectivity index (χ0) is 22.2. The third kappa shape index (κ3) is 4.98. The standard InChI is InChI=1S/C22H29FN6OS/c1-22(2,3)26-19-18(14-9-11-15(23)12-10-14)25-20-29(19)27-21(31-20)28(4)13-17(30)24-16-7-5-6-8-16/h9-12,16,26H,5-8,13H2,1-4H3,(H,24,30). The van der Waals surface area contributed by atoms with Crippen LogP contribution in [0.1, 0.15) is 46.5 Å². The van der Waals surface area contributed by atoms with E-state index in [9.17, 15) is 9.18 Å². The number of fused-ring (bicyclic) bond motifs is 1. The SMILES string of the molecule is CN(CC(=O)NC1CCCC1)c1nn2c(NC(C)(C)C)c(-c3ccc(F)cc3)nc2s1. The Kier molecular flexibility index (Phi) is 5.88. The minimum atomic E-state index is -0.284. The van der Waals surface area contributed by atoms with Crippen molar-refractivity contribution >= 4 is 33.2 Å². The lowest BCUT2D eigenvalue weighted by molar-refractivity contribution is -0.120. The summed E-state index contributed by atoms with van der Waals surface area (Å²) in [6, 6.07) is 6.60. The van der Waals surface area contributed by atoms with Crippen molar-refractivity contribution in [3.05, 3.63) is 30.1 Å². The molecule has 1 fully saturated rings. The number of amides is 1. The molecule has 1 aliphatic carbocycles. The van der Waals surface area contributed by atoms with Crippen LogP contribution < -0.4 is 15.5 Å². The number of hydrogen-bond donors (Lipinski definition) is 2. The second kappa shape index (κ2) is 8.45. The number of nitrogens with one attached hydrogen (secondary N) is 2. The molecule has 1 aromatic carbocycles. The molecule has 0 saturated heterocycles. The fourth-order valence-corrected chi connectivity index (χ4v) is 4.66. The topological polar surface area (TPSA) is 74.6 Å². The van der Waals surface area contributed by atoms with Gasteiger partial charge in [0.05, 0.1) is 6.54 Å². The first kappa shape index (κ1) is 21.5. The number of carbonyl (C=O) groups excluding carboxylic acids is 1. The minimum absolute atomic E-state index is 0.0160. The van der Waals surface area contributed by atoms with Gasteiger partial charge in [-0.2, -0.15) is 4.52 Å². The van der Waals surface area contributed by atoms with Crippen molar-refractivity contribution in [1.82, 2.24) is 19.9 Å². The van der Waals surface area contributed by atoms with Crippen LogP contribution in [0.3, 0.4) is 0 Å². The first-order valence-corrected chi connectivity index (χ1v) is 11.5. The summed E-state index contributed by atoms with van der Waals surface area (Å²) in [5.74, 6) is 0.482. The van der Waals surface area contributed by atoms with Crippen LogP contribution in [-0.4, -0.2) is 45.7 Å². The molecule has 0 spiro atoms. The highest BCUT2D eigenvalue weighted by molar-refractivity contribution is 7.20. The average Bonchev–Trinajstić information content (AvgIpc) is 3.39. The summed E-state index contributed by atoms with van der Waals surface area (Å²) in [5.41, 5.74) is 1.32. The Labute approximate surface area is 185 Å². The van der Waals surface area contributed by atoms with Gasteiger partial charge in [-0.05, 0) is 57.9 Å². The van der Waals surface area contributed by atoms with Gasteiger partial charge in [0.1, 0.15) is 11.5 Å². The summed E-state index contributed by atoms with van der Waals surface area (Å²) in [4.78, 5) is 19.7. The largest absolute Gasteiger partial charge is 0.364 e. The molecule has 3 aromatic rings. The van der Waals surface area contributed by atoms with E-state index in [1.165, 1.54) is 36.3 Å². The summed E-state index contributed by atoms with van der Waals surface area (Å²) < 4.78 is 15.2. The minimum Gasteiger partial charge on any atom is -0.364 e. The molecule has 2 N–H and O–H groups in total. The third-order valence-corrected chi connectivity index (χ3v) is 6.25. The lowest BCUT2D eigenvalue weighted by atomic mass is 10.1. The second-order valence-corrected chi connectivity index (χ2v) is 10.1. The highest BCUT2D eigenvalue weighted by atomic mass is 32.1. The molecule has 2 aromatic heterocycles. The maximum absolute atomic E-state index is 13.4. The van der Waals surface area contributed by atoms with E-state index in [1.54, 1.807) is 16.6 Å². The summed E-state index contributed by atoms with van der Waals surface area (Å²) >= 11 is 1.42. The highest BCUT2D eigenvalue weighted by Gasteiger charge is 2.24. The van der Waals surface area contributed by atoms with E-state index >= 15 is 0 Å². The molecule has 0 bridgehead atoms. The highest BCUT2D eigenvalue weighted by Crippen LogP contribution is 2.34. The predicted octanol–water partition coefficient (Wildman–Crippen LogP) is 4.30. The number of halogens is 1. The maximum Gasteiger partial charge on any atom is 0.239 e. The van der Waals surface area contributed by atoms with Crippen LogP contribution in [0.5, 0.6) is 0 Å². The quantitative estimate of drug-likeness (QED) is 0.593. The Bertz CT molecular complexity index is 1060. The Morgan fingerprint density at radius 2 is 1.94 bits per heavy atom. The van der Waals surface area contributed by atoms with E-state index in [0.717, 1.165) is 29.9 Å². The first-order valence-electron chi connectivity index (χ1n) is 10.6. The van der Waals surface area contributed by atoms with Crippen LogP contribution in [0.25, 0.3) is 16.2 Å². The second-order valence-electron chi connectivity index (χ2n) is 9.17. The van der Waals surface area contributed by atoms with Crippen molar-refractivity contribution in [3.8, 4) is 11.3 Å². The van der Waals surface area contributed by atoms with Crippen LogP contribution in [0, 0.1) is 5.82 Å². The molecule has 0 aliphatic heterocycles. The molecule has 1 aliphatic rings. The van der Waals surface area contributed by atoms with Gasteiger partial charge in [-0.3, -0.25) is 4.79 Å². The van der Waals surface area contributed by atoms with Crippen LogP contribution in [0.15, 0.2) is 24.3 Å². The molecule has 1 saturated carbocycles. The van der Waals surface area contributed by atoms with Crippen molar-refractivity contribution in [3.63, 3.8) is 0 Å². The predicted molar refractivity (Wildman–Crippen MR) is 123 cm³/mol. The van der Waals surface area contributed by atoms with E-state index < -0.39 is 0 Å². The van der Waals surface area contributed by atoms with Gasteiger partial charge >= 0.3 is 0 Å². The fraction of sp³-hybridized carbons (Fsp3) is 0.500. The van der Waals surface area contributed by atoms with Gasteiger partial charge in [-0.15, -0.1) is 5.10 Å². The Morgan fingerprint density at radius 1 is 1.26 bits per heavy atom. The van der Waals surface area contributed by atoms with Gasteiger partial charge in [-0.1, -0.05) is 24.2 Å². The molecule has 0 atom stereocenters. The molecule has 9 heteroatoms. The van der Waals surface area contributed by atoms with E-state index in [0.29, 0.717) is 16.1 Å². The van der Waals surface area contributed by atoms with Crippen LogP contribution in [0.4, 0.5) is 15.3 Å². The molecule has 0 radical (unpaired) electrons. The van der Waals surface area contributed by atoms with Crippen LogP contribution in [-0.2, 0) is 4.79 Å². The van der Waals surface area contributed by atoms with E-state index in [1.807, 2.05) is 11.9 Å². The summed E-state index contributed by atoms with van der Waals surface area (Å²) in [6.07, 6.45) is 4.50. The maximum atomic E-state index is 13.4. The molecule has 4 rings (SSSR count). The number of hydrogen-bond acceptors (Lipinski definition) is 6. The van der Waals surface area contributed by atoms with Gasteiger partial charge in [0, 0.05) is 24.2 Å². The Morgan fingerprint density at radius 3 is 2.58 bits per heavy atom. The number of likely N-dealkylation sites (N-methyl/N-ethyl adjacent to an activating group) is 1. The zero-order valence-corrected chi connectivity index (χ0v) is 19.2. The third-order valence-electron chi connectivity index (χ3n) is 5.23. The molecule has 1 amide bonds. The monoisotopic (exact) mass is 444 g/mol. The molecule has 31 heavy (non-hydrogen) atoms. The Hall–Kier alpha value is -2.68. The van der Waals surface area contributed by atoms with Crippen molar-refractivity contribution in [1.29, 1.82) is 0 Å². The smallest absolute Gasteiger partial charge is 0.239 e. The summed E-state index contributed by atoms with van der Waals surface area (Å²) in [6.45, 7) is 6.44. The molecular formula is C22H29FN6OS. The Balaban J connectivity index is 1.60. The van der Waals surface area contributed by atoms with Gasteiger partial charge in [0.15, 0.2) is 5.82 Å². The van der Waals surface area contributed by atoms with Crippen molar-refractivity contribution < 1.29 is 9.18 Å². The van der Waals surface area contributed by atoms with Gasteiger partial charge in [0.2, 0.25) is 16.0 Å². The molecule has 2 heterocycles. The van der Waals surface area contributed by atoms with Gasteiger partial charge in [0.25, 0.3) is 0 Å². The van der Waals surface area contributed by atoms with Crippen LogP contribution in [0.2, 0.25) is 0 Å². The van der Waals surface area contributed by atoms with Crippen molar-refractivity contribution in [2.24, 2.45) is 0 Å². The fourth-order valence-electron chi connectivity index (χ4n) is 3.80. The number of anilines is 2. The lowest BCUT2D eigenvalue weighted by Crippen LogP contribution is -2.39. The van der Waals surface area contributed by atoms with E-state index in [4.69, 9.17) is 10.1 Å². The number of imidazole rings is 1. The van der Waals surface area contributed by atoms with Gasteiger partial charge < -0.3 is 15.5 Å². The summed E-state index contributed by atoms with van der Waals surface area (Å²) in [7, 11) is 1.87. The normalized spacial score (nSPS) is 14.9. The number of aromatic nitrogens is 3. The van der Waals surface area contributed by atoms with Crippen molar-refractivity contribution in [2.45, 2.75) is 58.0 Å². The molecule has 166 valence electrons. The first-order chi connectivity index (χ1) is 14.7.